The predicted octanol–water partition coefficient (Wildman–Crippen LogP) is 3.69. The smallest absolute Gasteiger partial charge is 0.151 e. The molecule has 0 N–H and O–H groups in total. The van der Waals surface area contributed by atoms with Crippen LogP contribution in [0, 0.1) is 0 Å². The summed E-state index contributed by atoms with van der Waals surface area (Å²) in [7, 11) is 0. The van der Waals surface area contributed by atoms with Gasteiger partial charge in [-0.05, 0) is 22.1 Å². The van der Waals surface area contributed by atoms with Crippen molar-refractivity contribution in [2.24, 2.45) is 0 Å². The SMILES string of the molecule is C=C(C)c1ccccc1/C(C=O)=C\I. The number of aldehydes is 1. The molecule has 0 aliphatic rings. The Morgan fingerprint density at radius 2 is 1.93 bits per heavy atom. The molecular weight excluding hydrogens is 287 g/mol. The van der Waals surface area contributed by atoms with Crippen LogP contribution in [0.5, 0.6) is 0 Å². The molecule has 0 saturated heterocycles. The molecule has 0 saturated carbocycles. The third-order valence-electron chi connectivity index (χ3n) is 1.94. The molecular formula is C12H11IO. The molecule has 0 unspecified atom stereocenters. The molecule has 0 bridgehead atoms. The van der Waals surface area contributed by atoms with Crippen molar-refractivity contribution in [3.05, 3.63) is 46.1 Å². The first-order valence-corrected chi connectivity index (χ1v) is 5.46. The molecule has 0 fully saturated rings. The fraction of sp³-hybridized carbons (Fsp3) is 0.0833. The summed E-state index contributed by atoms with van der Waals surface area (Å²) in [4.78, 5) is 10.8. The molecule has 14 heavy (non-hydrogen) atoms. The van der Waals surface area contributed by atoms with Crippen molar-refractivity contribution >= 4 is 40.0 Å². The molecule has 2 heteroatoms. The molecule has 1 aromatic carbocycles. The van der Waals surface area contributed by atoms with E-state index < -0.39 is 0 Å². The van der Waals surface area contributed by atoms with Gasteiger partial charge in [-0.3, -0.25) is 4.79 Å². The van der Waals surface area contributed by atoms with Crippen LogP contribution in [0.25, 0.3) is 11.1 Å². The number of carbonyl (C=O) groups is 1. The van der Waals surface area contributed by atoms with Gasteiger partial charge in [0.2, 0.25) is 0 Å². The third-order valence-corrected chi connectivity index (χ3v) is 2.61. The van der Waals surface area contributed by atoms with Crippen LogP contribution in [0.3, 0.4) is 0 Å². The minimum absolute atomic E-state index is 0.698. The minimum atomic E-state index is 0.698. The van der Waals surface area contributed by atoms with Crippen LogP contribution in [-0.4, -0.2) is 6.29 Å². The van der Waals surface area contributed by atoms with E-state index in [1.807, 2.05) is 31.2 Å². The average Bonchev–Trinajstić information content (AvgIpc) is 2.20. The van der Waals surface area contributed by atoms with Crippen LogP contribution >= 0.6 is 22.6 Å². The van der Waals surface area contributed by atoms with Crippen LogP contribution in [0.4, 0.5) is 0 Å². The highest BCUT2D eigenvalue weighted by Gasteiger charge is 2.05. The second kappa shape index (κ2) is 5.10. The van der Waals surface area contributed by atoms with Crippen molar-refractivity contribution in [3.63, 3.8) is 0 Å². The Balaban J connectivity index is 3.33. The topological polar surface area (TPSA) is 17.1 Å². The summed E-state index contributed by atoms with van der Waals surface area (Å²) in [6.07, 6.45) is 0.869. The van der Waals surface area contributed by atoms with E-state index >= 15 is 0 Å². The zero-order chi connectivity index (χ0) is 10.6. The van der Waals surface area contributed by atoms with Gasteiger partial charge in [0.1, 0.15) is 0 Å². The van der Waals surface area contributed by atoms with Gasteiger partial charge in [-0.2, -0.15) is 0 Å². The van der Waals surface area contributed by atoms with E-state index in [9.17, 15) is 4.79 Å². The van der Waals surface area contributed by atoms with Crippen molar-refractivity contribution in [1.82, 2.24) is 0 Å². The first-order chi connectivity index (χ1) is 6.70. The minimum Gasteiger partial charge on any atom is -0.298 e. The van der Waals surface area contributed by atoms with Gasteiger partial charge in [-0.25, -0.2) is 0 Å². The molecule has 1 nitrogen and oxygen atoms in total. The maximum atomic E-state index is 10.8. The zero-order valence-electron chi connectivity index (χ0n) is 7.96. The number of allylic oxidation sites excluding steroid dienone is 2. The Morgan fingerprint density at radius 1 is 1.36 bits per heavy atom. The molecule has 0 atom stereocenters. The Hall–Kier alpha value is -0.900. The number of halogens is 1. The van der Waals surface area contributed by atoms with Gasteiger partial charge in [0, 0.05) is 5.57 Å². The van der Waals surface area contributed by atoms with E-state index in [1.165, 1.54) is 0 Å². The fourth-order valence-corrected chi connectivity index (χ4v) is 1.74. The molecule has 0 radical (unpaired) electrons. The van der Waals surface area contributed by atoms with Gasteiger partial charge in [-0.15, -0.1) is 0 Å². The highest BCUT2D eigenvalue weighted by Crippen LogP contribution is 2.23. The van der Waals surface area contributed by atoms with Crippen molar-refractivity contribution < 1.29 is 4.79 Å². The van der Waals surface area contributed by atoms with Crippen molar-refractivity contribution in [1.29, 1.82) is 0 Å². The monoisotopic (exact) mass is 298 g/mol. The van der Waals surface area contributed by atoms with Gasteiger partial charge in [0.05, 0.1) is 0 Å². The Bertz CT molecular complexity index is 391. The van der Waals surface area contributed by atoms with Crippen molar-refractivity contribution in [2.75, 3.05) is 0 Å². The number of hydrogen-bond donors (Lipinski definition) is 0. The van der Waals surface area contributed by atoms with Crippen LogP contribution in [0.2, 0.25) is 0 Å². The summed E-state index contributed by atoms with van der Waals surface area (Å²) in [5, 5.41) is 0. The maximum absolute atomic E-state index is 10.8. The molecule has 1 rings (SSSR count). The number of benzene rings is 1. The largest absolute Gasteiger partial charge is 0.298 e. The lowest BCUT2D eigenvalue weighted by molar-refractivity contribution is -0.103. The normalized spacial score (nSPS) is 11.1. The Morgan fingerprint density at radius 3 is 2.36 bits per heavy atom. The highest BCUT2D eigenvalue weighted by atomic mass is 127. The molecule has 0 aromatic heterocycles. The van der Waals surface area contributed by atoms with Crippen LogP contribution in [0.1, 0.15) is 18.1 Å². The number of carbonyl (C=O) groups excluding carboxylic acids is 1. The quantitative estimate of drug-likeness (QED) is 0.472. The first-order valence-electron chi connectivity index (χ1n) is 4.21. The van der Waals surface area contributed by atoms with E-state index in [0.29, 0.717) is 5.57 Å². The molecule has 0 amide bonds. The molecule has 0 aliphatic heterocycles. The maximum Gasteiger partial charge on any atom is 0.151 e. The van der Waals surface area contributed by atoms with Crippen LogP contribution < -0.4 is 0 Å². The number of rotatable bonds is 3. The lowest BCUT2D eigenvalue weighted by atomic mass is 9.97. The van der Waals surface area contributed by atoms with E-state index in [0.717, 1.165) is 23.0 Å². The molecule has 0 heterocycles. The van der Waals surface area contributed by atoms with Gasteiger partial charge < -0.3 is 0 Å². The zero-order valence-corrected chi connectivity index (χ0v) is 10.1. The molecule has 72 valence electrons. The lowest BCUT2D eigenvalue weighted by Gasteiger charge is -2.07. The van der Waals surface area contributed by atoms with Crippen molar-refractivity contribution in [3.8, 4) is 0 Å². The van der Waals surface area contributed by atoms with E-state index in [2.05, 4.69) is 29.2 Å². The fourth-order valence-electron chi connectivity index (χ4n) is 1.25. The summed E-state index contributed by atoms with van der Waals surface area (Å²) in [6.45, 7) is 5.83. The first kappa shape index (κ1) is 11.2. The van der Waals surface area contributed by atoms with Crippen LogP contribution in [0.15, 0.2) is 34.9 Å². The summed E-state index contributed by atoms with van der Waals surface area (Å²) >= 11 is 2.07. The second-order valence-electron chi connectivity index (χ2n) is 3.01. The van der Waals surface area contributed by atoms with Gasteiger partial charge >= 0.3 is 0 Å². The van der Waals surface area contributed by atoms with Gasteiger partial charge in [0.15, 0.2) is 6.29 Å². The molecule has 0 aliphatic carbocycles. The summed E-state index contributed by atoms with van der Waals surface area (Å²) < 4.78 is 1.78. The van der Waals surface area contributed by atoms with E-state index in [1.54, 1.807) is 4.08 Å². The molecule has 1 aromatic rings. The number of hydrogen-bond acceptors (Lipinski definition) is 1. The Kier molecular flexibility index (Phi) is 4.07. The summed E-state index contributed by atoms with van der Waals surface area (Å²) in [5.74, 6) is 0. The summed E-state index contributed by atoms with van der Waals surface area (Å²) in [5.41, 5.74) is 3.65. The second-order valence-corrected chi connectivity index (χ2v) is 3.63. The summed E-state index contributed by atoms with van der Waals surface area (Å²) in [6, 6.07) is 7.78. The lowest BCUT2D eigenvalue weighted by Crippen LogP contribution is -1.91. The predicted molar refractivity (Wildman–Crippen MR) is 69.2 cm³/mol. The highest BCUT2D eigenvalue weighted by molar-refractivity contribution is 14.1. The van der Waals surface area contributed by atoms with E-state index in [4.69, 9.17) is 0 Å². The van der Waals surface area contributed by atoms with Crippen molar-refractivity contribution in [2.45, 2.75) is 6.92 Å². The average molecular weight is 298 g/mol. The van der Waals surface area contributed by atoms with E-state index in [-0.39, 0.29) is 0 Å². The van der Waals surface area contributed by atoms with Gasteiger partial charge in [0.25, 0.3) is 0 Å². The third kappa shape index (κ3) is 2.32. The Labute approximate surface area is 97.7 Å². The standard InChI is InChI=1S/C12H11IO/c1-9(2)11-5-3-4-6-12(11)10(7-13)8-14/h3-8H,1H2,2H3/b10-7-. The molecule has 0 spiro atoms. The van der Waals surface area contributed by atoms with Crippen LogP contribution in [-0.2, 0) is 4.79 Å². The van der Waals surface area contributed by atoms with Gasteiger partial charge in [-0.1, -0.05) is 59.0 Å².